The maximum Gasteiger partial charge on any atom is 0.410 e. The highest BCUT2D eigenvalue weighted by Gasteiger charge is 2.50. The summed E-state index contributed by atoms with van der Waals surface area (Å²) in [7, 11) is 1.84. The van der Waals surface area contributed by atoms with Gasteiger partial charge in [0.2, 0.25) is 0 Å². The zero-order chi connectivity index (χ0) is 22.6. The minimum absolute atomic E-state index is 0.0210. The van der Waals surface area contributed by atoms with Crippen LogP contribution in [0.3, 0.4) is 0 Å². The van der Waals surface area contributed by atoms with E-state index in [-0.39, 0.29) is 30.7 Å². The van der Waals surface area contributed by atoms with Gasteiger partial charge in [0, 0.05) is 32.0 Å². The van der Waals surface area contributed by atoms with Gasteiger partial charge in [-0.1, -0.05) is 48.5 Å². The van der Waals surface area contributed by atoms with E-state index in [0.717, 1.165) is 0 Å². The summed E-state index contributed by atoms with van der Waals surface area (Å²) in [6, 6.07) is 18.0. The predicted octanol–water partition coefficient (Wildman–Crippen LogP) is 3.42. The lowest BCUT2D eigenvalue weighted by Gasteiger charge is -2.50. The number of ether oxygens (including phenoxy) is 2. The molecule has 7 nitrogen and oxygen atoms in total. The zero-order valence-electron chi connectivity index (χ0n) is 18.6. The first-order valence-corrected chi connectivity index (χ1v) is 11.5. The van der Waals surface area contributed by atoms with Gasteiger partial charge in [-0.05, 0) is 28.3 Å². The fraction of sp³-hybridized carbons (Fsp3) is 0.385. The number of carbonyl (C=O) groups excluding carboxylic acids is 1. The van der Waals surface area contributed by atoms with Crippen LogP contribution in [0.2, 0.25) is 0 Å². The summed E-state index contributed by atoms with van der Waals surface area (Å²) < 4.78 is 13.4. The van der Waals surface area contributed by atoms with E-state index in [0.29, 0.717) is 31.7 Å². The van der Waals surface area contributed by atoms with Gasteiger partial charge < -0.3 is 14.6 Å². The van der Waals surface area contributed by atoms with Gasteiger partial charge in [0.1, 0.15) is 12.2 Å². The van der Waals surface area contributed by atoms with Crippen LogP contribution >= 0.6 is 0 Å². The van der Waals surface area contributed by atoms with Crippen LogP contribution in [0.5, 0.6) is 0 Å². The summed E-state index contributed by atoms with van der Waals surface area (Å²) in [6.45, 7) is 1.06. The van der Waals surface area contributed by atoms with E-state index in [1.807, 2.05) is 43.6 Å². The number of aryl methyl sites for hydroxylation is 1. The van der Waals surface area contributed by atoms with Gasteiger partial charge in [-0.2, -0.15) is 5.10 Å². The molecule has 6 rings (SSSR count). The van der Waals surface area contributed by atoms with Crippen molar-refractivity contribution >= 4 is 6.09 Å². The first-order valence-electron chi connectivity index (χ1n) is 11.5. The van der Waals surface area contributed by atoms with Gasteiger partial charge >= 0.3 is 6.09 Å². The number of aliphatic hydroxyl groups is 1. The molecule has 0 saturated carbocycles. The fourth-order valence-electron chi connectivity index (χ4n) is 5.82. The number of benzene rings is 2. The van der Waals surface area contributed by atoms with Gasteiger partial charge in [0.15, 0.2) is 0 Å². The lowest BCUT2D eigenvalue weighted by molar-refractivity contribution is -0.138. The molecule has 2 unspecified atom stereocenters. The number of amides is 1. The van der Waals surface area contributed by atoms with E-state index < -0.39 is 5.60 Å². The Morgan fingerprint density at radius 1 is 1.06 bits per heavy atom. The first-order chi connectivity index (χ1) is 16.0. The predicted molar refractivity (Wildman–Crippen MR) is 122 cm³/mol. The average Bonchev–Trinajstić information content (AvgIpc) is 3.39. The molecule has 33 heavy (non-hydrogen) atoms. The molecule has 2 saturated heterocycles. The molecule has 7 heteroatoms. The number of rotatable bonds is 3. The number of morpholine rings is 1. The third-order valence-electron chi connectivity index (χ3n) is 7.29. The molecule has 3 aromatic rings. The van der Waals surface area contributed by atoms with Crippen LogP contribution in [-0.4, -0.2) is 57.8 Å². The Bertz CT molecular complexity index is 1150. The molecule has 2 aliphatic heterocycles. The van der Waals surface area contributed by atoms with Gasteiger partial charge in [-0.25, -0.2) is 4.79 Å². The lowest BCUT2D eigenvalue weighted by atomic mass is 9.79. The van der Waals surface area contributed by atoms with Gasteiger partial charge in [0.05, 0.1) is 31.0 Å². The van der Waals surface area contributed by atoms with Crippen LogP contribution in [-0.2, 0) is 22.1 Å². The van der Waals surface area contributed by atoms with E-state index in [1.165, 1.54) is 22.3 Å². The van der Waals surface area contributed by atoms with Crippen molar-refractivity contribution in [3.8, 4) is 11.1 Å². The lowest BCUT2D eigenvalue weighted by Crippen LogP contribution is -2.62. The van der Waals surface area contributed by atoms with E-state index in [2.05, 4.69) is 29.4 Å². The number of hydrogen-bond acceptors (Lipinski definition) is 5. The maximum atomic E-state index is 13.3. The second-order valence-electron chi connectivity index (χ2n) is 9.37. The molecule has 2 fully saturated rings. The Balaban J connectivity index is 1.20. The molecule has 3 heterocycles. The maximum absolute atomic E-state index is 13.3. The number of carbonyl (C=O) groups is 1. The first kappa shape index (κ1) is 20.4. The van der Waals surface area contributed by atoms with Crippen molar-refractivity contribution in [2.45, 2.75) is 36.4 Å². The minimum atomic E-state index is -1.07. The van der Waals surface area contributed by atoms with Crippen molar-refractivity contribution in [2.75, 3.05) is 19.8 Å². The van der Waals surface area contributed by atoms with Crippen molar-refractivity contribution in [3.05, 3.63) is 77.6 Å². The Hall–Kier alpha value is -3.16. The monoisotopic (exact) mass is 445 g/mol. The Kier molecular flexibility index (Phi) is 4.78. The topological polar surface area (TPSA) is 76.8 Å². The van der Waals surface area contributed by atoms with Crippen molar-refractivity contribution in [2.24, 2.45) is 7.05 Å². The molecule has 2 bridgehead atoms. The van der Waals surface area contributed by atoms with Crippen molar-refractivity contribution in [1.82, 2.24) is 14.7 Å². The third kappa shape index (κ3) is 3.34. The largest absolute Gasteiger partial charge is 0.448 e. The number of hydrogen-bond donors (Lipinski definition) is 1. The molecule has 2 atom stereocenters. The summed E-state index contributed by atoms with van der Waals surface area (Å²) >= 11 is 0. The van der Waals surface area contributed by atoms with Crippen molar-refractivity contribution in [1.29, 1.82) is 0 Å². The second-order valence-corrected chi connectivity index (χ2v) is 9.37. The highest BCUT2D eigenvalue weighted by molar-refractivity contribution is 5.79. The van der Waals surface area contributed by atoms with Gasteiger partial charge in [0.25, 0.3) is 0 Å². The second kappa shape index (κ2) is 7.71. The SMILES string of the molecule is Cn1ccc(C2(O)CC3COCC(C2)N3C(=O)OCC2c3ccccc3-c3ccccc32)n1. The van der Waals surface area contributed by atoms with E-state index in [9.17, 15) is 9.90 Å². The Morgan fingerprint density at radius 3 is 2.24 bits per heavy atom. The Labute approximate surface area is 192 Å². The molecule has 3 aliphatic rings. The zero-order valence-corrected chi connectivity index (χ0v) is 18.6. The average molecular weight is 446 g/mol. The van der Waals surface area contributed by atoms with Crippen LogP contribution in [0.15, 0.2) is 60.8 Å². The summed E-state index contributed by atoms with van der Waals surface area (Å²) in [5, 5.41) is 15.8. The molecule has 0 radical (unpaired) electrons. The van der Waals surface area contributed by atoms with Crippen LogP contribution in [0.1, 0.15) is 35.6 Å². The molecule has 1 aliphatic carbocycles. The molecule has 2 aromatic carbocycles. The number of fused-ring (bicyclic) bond motifs is 5. The normalized spacial score (nSPS) is 26.1. The van der Waals surface area contributed by atoms with Crippen molar-refractivity contribution in [3.63, 3.8) is 0 Å². The highest BCUT2D eigenvalue weighted by Crippen LogP contribution is 2.45. The van der Waals surface area contributed by atoms with Crippen LogP contribution in [0, 0.1) is 0 Å². The standard InChI is InChI=1S/C26H27N3O4/c1-28-11-10-24(27-28)26(31)12-17-14-32-15-18(13-26)29(17)25(30)33-16-23-21-8-4-2-6-19(21)20-7-3-5-9-22(20)23/h2-11,17-18,23,31H,12-16H2,1H3. The molecular formula is C26H27N3O4. The highest BCUT2D eigenvalue weighted by atomic mass is 16.6. The number of aromatic nitrogens is 2. The summed E-state index contributed by atoms with van der Waals surface area (Å²) in [5.41, 5.74) is 4.38. The van der Waals surface area contributed by atoms with Crippen LogP contribution in [0.4, 0.5) is 4.79 Å². The number of nitrogens with zero attached hydrogens (tertiary/aromatic N) is 3. The fourth-order valence-corrected chi connectivity index (χ4v) is 5.82. The molecule has 170 valence electrons. The smallest absolute Gasteiger partial charge is 0.410 e. The molecule has 1 aromatic heterocycles. The number of piperidine rings is 1. The van der Waals surface area contributed by atoms with Gasteiger partial charge in [-0.3, -0.25) is 9.58 Å². The van der Waals surface area contributed by atoms with Crippen LogP contribution < -0.4 is 0 Å². The Morgan fingerprint density at radius 2 is 1.67 bits per heavy atom. The third-order valence-corrected chi connectivity index (χ3v) is 7.29. The molecular weight excluding hydrogens is 418 g/mol. The summed E-state index contributed by atoms with van der Waals surface area (Å²) in [5.74, 6) is 0.0210. The molecule has 1 N–H and O–H groups in total. The van der Waals surface area contributed by atoms with E-state index in [1.54, 1.807) is 9.58 Å². The minimum Gasteiger partial charge on any atom is -0.448 e. The summed E-state index contributed by atoms with van der Waals surface area (Å²) in [6.07, 6.45) is 2.26. The van der Waals surface area contributed by atoms with E-state index in [4.69, 9.17) is 9.47 Å². The summed E-state index contributed by atoms with van der Waals surface area (Å²) in [4.78, 5) is 15.1. The molecule has 0 spiro atoms. The van der Waals surface area contributed by atoms with E-state index >= 15 is 0 Å². The van der Waals surface area contributed by atoms with Crippen LogP contribution in [0.25, 0.3) is 11.1 Å². The van der Waals surface area contributed by atoms with Gasteiger partial charge in [-0.15, -0.1) is 0 Å². The quantitative estimate of drug-likeness (QED) is 0.669. The van der Waals surface area contributed by atoms with Crippen molar-refractivity contribution < 1.29 is 19.4 Å². The molecule has 1 amide bonds.